The van der Waals surface area contributed by atoms with Gasteiger partial charge in [0, 0.05) is 30.3 Å². The highest BCUT2D eigenvalue weighted by molar-refractivity contribution is 7.92. The van der Waals surface area contributed by atoms with E-state index in [0.717, 1.165) is 11.8 Å². The van der Waals surface area contributed by atoms with Gasteiger partial charge in [-0.05, 0) is 31.5 Å². The molecule has 24 heavy (non-hydrogen) atoms. The largest absolute Gasteiger partial charge is 0.481 e. The van der Waals surface area contributed by atoms with Crippen LogP contribution in [0.2, 0.25) is 5.02 Å². The lowest BCUT2D eigenvalue weighted by molar-refractivity contribution is -0.142. The summed E-state index contributed by atoms with van der Waals surface area (Å²) in [6, 6.07) is 6.80. The topological polar surface area (TPSA) is 91.8 Å². The van der Waals surface area contributed by atoms with Crippen LogP contribution in [-0.4, -0.2) is 54.4 Å². The second-order valence-electron chi connectivity index (χ2n) is 6.60. The maximum Gasteiger partial charge on any atom is 0.308 e. The van der Waals surface area contributed by atoms with E-state index in [2.05, 4.69) is 0 Å². The van der Waals surface area contributed by atoms with Crippen molar-refractivity contribution >= 4 is 33.3 Å². The second kappa shape index (κ2) is 6.37. The monoisotopic (exact) mass is 373 g/mol. The Morgan fingerprint density at radius 3 is 2.21 bits per heavy atom. The van der Waals surface area contributed by atoms with E-state index in [4.69, 9.17) is 11.6 Å². The minimum atomic E-state index is -3.62. The Morgan fingerprint density at radius 2 is 1.75 bits per heavy atom. The van der Waals surface area contributed by atoms with Gasteiger partial charge < -0.3 is 10.0 Å². The molecular weight excluding hydrogens is 354 g/mol. The molecule has 2 atom stereocenters. The second-order valence-corrected chi connectivity index (χ2v) is 9.60. The fourth-order valence-corrected chi connectivity index (χ4v) is 3.38. The summed E-state index contributed by atoms with van der Waals surface area (Å²) in [5.74, 6) is -2.78. The quantitative estimate of drug-likeness (QED) is 0.868. The van der Waals surface area contributed by atoms with Crippen molar-refractivity contribution in [2.75, 3.05) is 19.3 Å². The summed E-state index contributed by atoms with van der Waals surface area (Å²) < 4.78 is 22.2. The predicted molar refractivity (Wildman–Crippen MR) is 90.8 cm³/mol. The first-order valence-electron chi connectivity index (χ1n) is 7.42. The molecule has 0 spiro atoms. The molecule has 0 radical (unpaired) electrons. The summed E-state index contributed by atoms with van der Waals surface area (Å²) >= 11 is 5.86. The molecule has 0 aromatic heterocycles. The summed E-state index contributed by atoms with van der Waals surface area (Å²) in [6.07, 6.45) is 1.01. The lowest BCUT2D eigenvalue weighted by atomic mass is 9.89. The number of aliphatic carboxylic acids is 1. The van der Waals surface area contributed by atoms with E-state index >= 15 is 0 Å². The Kier molecular flexibility index (Phi) is 4.97. The minimum absolute atomic E-state index is 0.0135. The Balaban J connectivity index is 2.32. The number of hydrogen-bond donors (Lipinski definition) is 1. The van der Waals surface area contributed by atoms with Crippen LogP contribution in [0.15, 0.2) is 24.3 Å². The van der Waals surface area contributed by atoms with E-state index in [-0.39, 0.29) is 13.1 Å². The first-order valence-corrected chi connectivity index (χ1v) is 9.69. The molecule has 1 aromatic carbocycles. The zero-order valence-electron chi connectivity index (χ0n) is 13.7. The van der Waals surface area contributed by atoms with Crippen molar-refractivity contribution < 1.29 is 23.1 Å². The van der Waals surface area contributed by atoms with Crippen LogP contribution in [0.3, 0.4) is 0 Å². The molecule has 8 heteroatoms. The van der Waals surface area contributed by atoms with Crippen LogP contribution in [0.1, 0.15) is 25.3 Å². The molecule has 6 nitrogen and oxygen atoms in total. The molecule has 1 heterocycles. The van der Waals surface area contributed by atoms with Crippen LogP contribution in [0.5, 0.6) is 0 Å². The van der Waals surface area contributed by atoms with E-state index in [1.54, 1.807) is 24.3 Å². The molecule has 1 amide bonds. The van der Waals surface area contributed by atoms with E-state index in [0.29, 0.717) is 5.02 Å². The molecule has 1 aliphatic heterocycles. The zero-order valence-corrected chi connectivity index (χ0v) is 15.3. The molecule has 132 valence electrons. The Bertz CT molecular complexity index is 757. The molecule has 2 rings (SSSR count). The molecule has 0 saturated carbocycles. The first-order chi connectivity index (χ1) is 10.9. The first kappa shape index (κ1) is 18.7. The van der Waals surface area contributed by atoms with Crippen molar-refractivity contribution in [3.8, 4) is 0 Å². The number of carboxylic acids is 1. The van der Waals surface area contributed by atoms with E-state index in [1.165, 1.54) is 18.7 Å². The zero-order chi connectivity index (χ0) is 18.3. The van der Waals surface area contributed by atoms with Gasteiger partial charge in [0.1, 0.15) is 4.75 Å². The van der Waals surface area contributed by atoms with Crippen molar-refractivity contribution in [1.82, 2.24) is 4.90 Å². The van der Waals surface area contributed by atoms with E-state index < -0.39 is 38.3 Å². The van der Waals surface area contributed by atoms with Crippen LogP contribution in [-0.2, 0) is 19.4 Å². The molecule has 1 fully saturated rings. The third kappa shape index (κ3) is 3.42. The van der Waals surface area contributed by atoms with Crippen LogP contribution in [0, 0.1) is 5.92 Å². The summed E-state index contributed by atoms with van der Waals surface area (Å²) in [7, 11) is -3.62. The third-order valence-corrected chi connectivity index (χ3v) is 6.95. The number of rotatable bonds is 4. The van der Waals surface area contributed by atoms with Crippen molar-refractivity contribution in [2.24, 2.45) is 5.92 Å². The average molecular weight is 374 g/mol. The van der Waals surface area contributed by atoms with Gasteiger partial charge in [-0.15, -0.1) is 0 Å². The number of benzene rings is 1. The highest BCUT2D eigenvalue weighted by atomic mass is 35.5. The number of amides is 1. The maximum atomic E-state index is 12.6. The molecule has 0 bridgehead atoms. The van der Waals surface area contributed by atoms with Crippen LogP contribution in [0.4, 0.5) is 0 Å². The number of sulfone groups is 1. The van der Waals surface area contributed by atoms with Gasteiger partial charge in [-0.2, -0.15) is 0 Å². The fraction of sp³-hybridized carbons (Fsp3) is 0.500. The standard InChI is InChI=1S/C16H20ClNO5S/c1-16(2,24(3,22)23)15(21)18-8-12(13(9-18)14(19)20)10-4-6-11(17)7-5-10/h4-7,12-13H,8-9H2,1-3H3,(H,19,20)/t12-,13+/m0/s1. The minimum Gasteiger partial charge on any atom is -0.481 e. The molecule has 1 saturated heterocycles. The Labute approximate surface area is 146 Å². The van der Waals surface area contributed by atoms with Gasteiger partial charge in [-0.3, -0.25) is 9.59 Å². The lowest BCUT2D eigenvalue weighted by Crippen LogP contribution is -2.49. The molecule has 1 aromatic rings. The van der Waals surface area contributed by atoms with Gasteiger partial charge in [0.15, 0.2) is 9.84 Å². The summed E-state index contributed by atoms with van der Waals surface area (Å²) in [5, 5.41) is 10.0. The predicted octanol–water partition coefficient (Wildman–Crippen LogP) is 1.79. The number of likely N-dealkylation sites (tertiary alicyclic amines) is 1. The van der Waals surface area contributed by atoms with Gasteiger partial charge in [-0.25, -0.2) is 8.42 Å². The summed E-state index contributed by atoms with van der Waals surface area (Å²) in [4.78, 5) is 25.6. The third-order valence-electron chi connectivity index (χ3n) is 4.66. The summed E-state index contributed by atoms with van der Waals surface area (Å²) in [6.45, 7) is 2.84. The van der Waals surface area contributed by atoms with Gasteiger partial charge in [0.05, 0.1) is 5.92 Å². The lowest BCUT2D eigenvalue weighted by Gasteiger charge is -2.27. The van der Waals surface area contributed by atoms with Crippen molar-refractivity contribution in [3.05, 3.63) is 34.9 Å². The Hall–Kier alpha value is -1.60. The molecule has 0 unspecified atom stereocenters. The number of carbonyl (C=O) groups is 2. The number of carbonyl (C=O) groups excluding carboxylic acids is 1. The van der Waals surface area contributed by atoms with Gasteiger partial charge in [0.2, 0.25) is 5.91 Å². The molecule has 1 aliphatic rings. The SMILES string of the molecule is CC(C)(C(=O)N1C[C@@H](C(=O)O)[C@H](c2ccc(Cl)cc2)C1)S(C)(=O)=O. The van der Waals surface area contributed by atoms with Gasteiger partial charge in [0.25, 0.3) is 0 Å². The number of halogens is 1. The maximum absolute atomic E-state index is 12.6. The normalized spacial score (nSPS) is 21.8. The highest BCUT2D eigenvalue weighted by Gasteiger charge is 2.47. The number of nitrogens with zero attached hydrogens (tertiary/aromatic N) is 1. The number of hydrogen-bond acceptors (Lipinski definition) is 4. The summed E-state index contributed by atoms with van der Waals surface area (Å²) in [5.41, 5.74) is 0.763. The van der Waals surface area contributed by atoms with Crippen molar-refractivity contribution in [1.29, 1.82) is 0 Å². The number of carboxylic acid groups (broad SMARTS) is 1. The average Bonchev–Trinajstić information content (AvgIpc) is 2.91. The Morgan fingerprint density at radius 1 is 1.21 bits per heavy atom. The van der Waals surface area contributed by atoms with Gasteiger partial charge in [-0.1, -0.05) is 23.7 Å². The molecular formula is C16H20ClNO5S. The fourth-order valence-electron chi connectivity index (χ4n) is 2.81. The highest BCUT2D eigenvalue weighted by Crippen LogP contribution is 2.35. The van der Waals surface area contributed by atoms with Crippen molar-refractivity contribution in [3.63, 3.8) is 0 Å². The van der Waals surface area contributed by atoms with Gasteiger partial charge >= 0.3 is 5.97 Å². The molecule has 0 aliphatic carbocycles. The van der Waals surface area contributed by atoms with E-state index in [9.17, 15) is 23.1 Å². The van der Waals surface area contributed by atoms with Crippen LogP contribution >= 0.6 is 11.6 Å². The van der Waals surface area contributed by atoms with Crippen LogP contribution in [0.25, 0.3) is 0 Å². The van der Waals surface area contributed by atoms with Crippen LogP contribution < -0.4 is 0 Å². The van der Waals surface area contributed by atoms with E-state index in [1.807, 2.05) is 0 Å². The molecule has 1 N–H and O–H groups in total. The smallest absolute Gasteiger partial charge is 0.308 e. The van der Waals surface area contributed by atoms with Crippen molar-refractivity contribution in [2.45, 2.75) is 24.5 Å².